The molecule has 0 aromatic carbocycles. The maximum atomic E-state index is 10.7. The number of Topliss-reactive ketones (excluding diaryl/α,β-unsaturated/α-hetero) is 1. The monoisotopic (exact) mass is 183 g/mol. The Labute approximate surface area is 81.3 Å². The van der Waals surface area contributed by atoms with Gasteiger partial charge < -0.3 is 9.69 Å². The molecule has 1 aliphatic rings. The van der Waals surface area contributed by atoms with Crippen LogP contribution in [0.4, 0.5) is 0 Å². The third-order valence-electron chi connectivity index (χ3n) is 2.59. The molecular formula is C11H21NO. The number of carbonyl (C=O) groups is 1. The van der Waals surface area contributed by atoms with Crippen LogP contribution in [0, 0.1) is 5.92 Å². The van der Waals surface area contributed by atoms with Crippen LogP contribution < -0.4 is 0 Å². The SMILES string of the molecule is CC(=O)CCCCN(C)CC1CC1. The lowest BCUT2D eigenvalue weighted by Gasteiger charge is -2.15. The normalized spacial score (nSPS) is 16.5. The highest BCUT2D eigenvalue weighted by molar-refractivity contribution is 5.75. The molecule has 1 saturated carbocycles. The standard InChI is InChI=1S/C11H21NO/c1-10(13)5-3-4-8-12(2)9-11-6-7-11/h11H,3-9H2,1-2H3. The van der Waals surface area contributed by atoms with Crippen molar-refractivity contribution in [3.8, 4) is 0 Å². The zero-order valence-electron chi connectivity index (χ0n) is 8.88. The fraction of sp³-hybridized carbons (Fsp3) is 0.909. The first-order chi connectivity index (χ1) is 6.18. The molecule has 0 heterocycles. The molecule has 2 nitrogen and oxygen atoms in total. The molecule has 0 unspecified atom stereocenters. The summed E-state index contributed by atoms with van der Waals surface area (Å²) in [4.78, 5) is 13.1. The zero-order valence-corrected chi connectivity index (χ0v) is 8.88. The van der Waals surface area contributed by atoms with Crippen LogP contribution in [0.1, 0.15) is 39.0 Å². The van der Waals surface area contributed by atoms with Crippen LogP contribution in [0.25, 0.3) is 0 Å². The second-order valence-electron chi connectivity index (χ2n) is 4.36. The van der Waals surface area contributed by atoms with Crippen LogP contribution in [-0.2, 0) is 4.79 Å². The Morgan fingerprint density at radius 1 is 1.38 bits per heavy atom. The van der Waals surface area contributed by atoms with Crippen molar-refractivity contribution in [1.82, 2.24) is 4.90 Å². The first-order valence-corrected chi connectivity index (χ1v) is 5.36. The van der Waals surface area contributed by atoms with Crippen molar-refractivity contribution in [3.05, 3.63) is 0 Å². The Hall–Kier alpha value is -0.370. The summed E-state index contributed by atoms with van der Waals surface area (Å²) in [5, 5.41) is 0. The van der Waals surface area contributed by atoms with E-state index in [9.17, 15) is 4.79 Å². The number of carbonyl (C=O) groups excluding carboxylic acids is 1. The Kier molecular flexibility index (Phi) is 4.43. The van der Waals surface area contributed by atoms with Gasteiger partial charge in [-0.25, -0.2) is 0 Å². The first-order valence-electron chi connectivity index (χ1n) is 5.36. The molecule has 0 aromatic rings. The largest absolute Gasteiger partial charge is 0.306 e. The average Bonchev–Trinajstić information content (AvgIpc) is 2.81. The van der Waals surface area contributed by atoms with E-state index in [-0.39, 0.29) is 0 Å². The van der Waals surface area contributed by atoms with E-state index < -0.39 is 0 Å². The molecule has 13 heavy (non-hydrogen) atoms. The molecule has 0 aliphatic heterocycles. The van der Waals surface area contributed by atoms with E-state index >= 15 is 0 Å². The van der Waals surface area contributed by atoms with Gasteiger partial charge in [-0.1, -0.05) is 0 Å². The minimum atomic E-state index is 0.324. The van der Waals surface area contributed by atoms with E-state index in [1.54, 1.807) is 6.92 Å². The second-order valence-corrected chi connectivity index (χ2v) is 4.36. The van der Waals surface area contributed by atoms with Crippen molar-refractivity contribution in [2.75, 3.05) is 20.1 Å². The predicted molar refractivity (Wildman–Crippen MR) is 54.8 cm³/mol. The minimum Gasteiger partial charge on any atom is -0.306 e. The highest BCUT2D eigenvalue weighted by Crippen LogP contribution is 2.29. The van der Waals surface area contributed by atoms with Gasteiger partial charge in [0.15, 0.2) is 0 Å². The maximum absolute atomic E-state index is 10.7. The van der Waals surface area contributed by atoms with Crippen molar-refractivity contribution >= 4 is 5.78 Å². The van der Waals surface area contributed by atoms with Crippen LogP contribution in [0.5, 0.6) is 0 Å². The zero-order chi connectivity index (χ0) is 9.68. The third-order valence-corrected chi connectivity index (χ3v) is 2.59. The Morgan fingerprint density at radius 2 is 2.08 bits per heavy atom. The number of rotatable bonds is 7. The second kappa shape index (κ2) is 5.38. The van der Waals surface area contributed by atoms with Crippen LogP contribution >= 0.6 is 0 Å². The van der Waals surface area contributed by atoms with Crippen molar-refractivity contribution in [2.45, 2.75) is 39.0 Å². The summed E-state index contributed by atoms with van der Waals surface area (Å²) in [6.45, 7) is 4.10. The van der Waals surface area contributed by atoms with Gasteiger partial charge >= 0.3 is 0 Å². The smallest absolute Gasteiger partial charge is 0.129 e. The summed E-state index contributed by atoms with van der Waals surface area (Å²) >= 11 is 0. The fourth-order valence-corrected chi connectivity index (χ4v) is 1.59. The molecule has 0 N–H and O–H groups in total. The molecule has 1 aliphatic carbocycles. The number of unbranched alkanes of at least 4 members (excludes halogenated alkanes) is 1. The lowest BCUT2D eigenvalue weighted by atomic mass is 10.2. The summed E-state index contributed by atoms with van der Waals surface area (Å²) in [7, 11) is 2.19. The first kappa shape index (κ1) is 10.7. The van der Waals surface area contributed by atoms with Gasteiger partial charge in [-0.15, -0.1) is 0 Å². The number of hydrogen-bond acceptors (Lipinski definition) is 2. The lowest BCUT2D eigenvalue weighted by Crippen LogP contribution is -2.22. The van der Waals surface area contributed by atoms with Crippen LogP contribution in [0.15, 0.2) is 0 Å². The summed E-state index contributed by atoms with van der Waals surface area (Å²) in [6.07, 6.45) is 5.85. The maximum Gasteiger partial charge on any atom is 0.129 e. The number of nitrogens with zero attached hydrogens (tertiary/aromatic N) is 1. The van der Waals surface area contributed by atoms with Crippen molar-refractivity contribution in [2.24, 2.45) is 5.92 Å². The fourth-order valence-electron chi connectivity index (χ4n) is 1.59. The van der Waals surface area contributed by atoms with Gasteiger partial charge in [0.25, 0.3) is 0 Å². The lowest BCUT2D eigenvalue weighted by molar-refractivity contribution is -0.117. The van der Waals surface area contributed by atoms with Crippen LogP contribution in [-0.4, -0.2) is 30.8 Å². The Morgan fingerprint density at radius 3 is 2.62 bits per heavy atom. The molecule has 0 spiro atoms. The topological polar surface area (TPSA) is 20.3 Å². The van der Waals surface area contributed by atoms with Crippen LogP contribution in [0.3, 0.4) is 0 Å². The van der Waals surface area contributed by atoms with Gasteiger partial charge in [0.05, 0.1) is 0 Å². The van der Waals surface area contributed by atoms with Crippen molar-refractivity contribution in [1.29, 1.82) is 0 Å². The quantitative estimate of drug-likeness (QED) is 0.563. The highest BCUT2D eigenvalue weighted by Gasteiger charge is 2.22. The van der Waals surface area contributed by atoms with Crippen LogP contribution in [0.2, 0.25) is 0 Å². The van der Waals surface area contributed by atoms with E-state index in [2.05, 4.69) is 11.9 Å². The number of ketones is 1. The van der Waals surface area contributed by atoms with Gasteiger partial charge in [0.2, 0.25) is 0 Å². The molecule has 1 fully saturated rings. The number of hydrogen-bond donors (Lipinski definition) is 0. The molecule has 2 heteroatoms. The summed E-state index contributed by atoms with van der Waals surface area (Å²) in [5.74, 6) is 1.31. The average molecular weight is 183 g/mol. The molecule has 1 rings (SSSR count). The van der Waals surface area contributed by atoms with Gasteiger partial charge in [0.1, 0.15) is 5.78 Å². The summed E-state index contributed by atoms with van der Waals surface area (Å²) in [5.41, 5.74) is 0. The minimum absolute atomic E-state index is 0.324. The van der Waals surface area contributed by atoms with Crippen molar-refractivity contribution in [3.63, 3.8) is 0 Å². The van der Waals surface area contributed by atoms with Gasteiger partial charge in [-0.3, -0.25) is 0 Å². The third kappa shape index (κ3) is 5.81. The molecule has 0 aromatic heterocycles. The van der Waals surface area contributed by atoms with Crippen molar-refractivity contribution < 1.29 is 4.79 Å². The molecule has 0 amide bonds. The Bertz CT molecular complexity index is 163. The molecular weight excluding hydrogens is 162 g/mol. The molecule has 76 valence electrons. The predicted octanol–water partition coefficient (Wildman–Crippen LogP) is 2.09. The molecule has 0 saturated heterocycles. The van der Waals surface area contributed by atoms with Gasteiger partial charge in [-0.05, 0) is 52.1 Å². The van der Waals surface area contributed by atoms with Gasteiger partial charge in [-0.2, -0.15) is 0 Å². The highest BCUT2D eigenvalue weighted by atomic mass is 16.1. The van der Waals surface area contributed by atoms with Gasteiger partial charge in [0, 0.05) is 13.0 Å². The Balaban J connectivity index is 1.88. The summed E-state index contributed by atoms with van der Waals surface area (Å²) < 4.78 is 0. The van der Waals surface area contributed by atoms with E-state index in [4.69, 9.17) is 0 Å². The van der Waals surface area contributed by atoms with E-state index in [0.29, 0.717) is 5.78 Å². The molecule has 0 atom stereocenters. The van der Waals surface area contributed by atoms with E-state index in [1.165, 1.54) is 25.8 Å². The molecule has 0 bridgehead atoms. The molecule has 0 radical (unpaired) electrons. The van der Waals surface area contributed by atoms with E-state index in [1.807, 2.05) is 0 Å². The van der Waals surface area contributed by atoms with E-state index in [0.717, 1.165) is 25.3 Å². The summed E-state index contributed by atoms with van der Waals surface area (Å²) in [6, 6.07) is 0.